The highest BCUT2D eigenvalue weighted by Gasteiger charge is 2.29. The number of hydrogen-bond acceptors (Lipinski definition) is 5. The van der Waals surface area contributed by atoms with Gasteiger partial charge in [0, 0.05) is 20.6 Å². The summed E-state index contributed by atoms with van der Waals surface area (Å²) in [4.78, 5) is 0.0117. The lowest BCUT2D eigenvalue weighted by Gasteiger charge is -2.18. The van der Waals surface area contributed by atoms with Gasteiger partial charge in [-0.25, -0.2) is 8.42 Å². The molecule has 0 fully saturated rings. The van der Waals surface area contributed by atoms with Crippen LogP contribution in [-0.4, -0.2) is 36.1 Å². The summed E-state index contributed by atoms with van der Waals surface area (Å²) < 4.78 is 27.2. The van der Waals surface area contributed by atoms with Crippen LogP contribution >= 0.6 is 0 Å². The Hall–Kier alpha value is -1.59. The Morgan fingerprint density at radius 1 is 1.61 bits per heavy atom. The smallest absolute Gasteiger partial charge is 0.248 e. The van der Waals surface area contributed by atoms with E-state index >= 15 is 0 Å². The number of sulfonamides is 1. The lowest BCUT2D eigenvalue weighted by atomic mass is 10.2. The van der Waals surface area contributed by atoms with Gasteiger partial charge in [0.1, 0.15) is 4.90 Å². The largest absolute Gasteiger partial charge is 0.381 e. The van der Waals surface area contributed by atoms with Gasteiger partial charge >= 0.3 is 0 Å². The molecule has 1 atom stereocenters. The van der Waals surface area contributed by atoms with Crippen LogP contribution < -0.4 is 5.73 Å². The second-order valence-electron chi connectivity index (χ2n) is 4.24. The molecule has 1 heterocycles. The summed E-state index contributed by atoms with van der Waals surface area (Å²) >= 11 is 0. The van der Waals surface area contributed by atoms with Crippen LogP contribution in [0.2, 0.25) is 0 Å². The summed E-state index contributed by atoms with van der Waals surface area (Å²) in [7, 11) is -0.658. The minimum Gasteiger partial charge on any atom is -0.381 e. The first-order valence-corrected chi connectivity index (χ1v) is 6.80. The normalized spacial score (nSPS) is 13.6. The maximum absolute atomic E-state index is 12.3. The SMILES string of the molecule is Cc1c(S(=O)(=O)N(C)CC(C)C#N)c(N)nn1C. The molecule has 1 rings (SSSR count). The molecule has 0 aromatic carbocycles. The molecular formula is C10H17N5O2S. The molecule has 0 saturated heterocycles. The van der Waals surface area contributed by atoms with Gasteiger partial charge in [-0.3, -0.25) is 4.68 Å². The zero-order valence-electron chi connectivity index (χ0n) is 10.9. The van der Waals surface area contributed by atoms with Crippen molar-refractivity contribution >= 4 is 15.8 Å². The van der Waals surface area contributed by atoms with E-state index in [1.807, 2.05) is 6.07 Å². The van der Waals surface area contributed by atoms with Crippen molar-refractivity contribution in [3.63, 3.8) is 0 Å². The maximum Gasteiger partial charge on any atom is 0.248 e. The molecule has 1 aromatic heterocycles. The van der Waals surface area contributed by atoms with Crippen molar-refractivity contribution in [2.45, 2.75) is 18.7 Å². The topological polar surface area (TPSA) is 105 Å². The second-order valence-corrected chi connectivity index (χ2v) is 6.22. The van der Waals surface area contributed by atoms with Gasteiger partial charge in [0.25, 0.3) is 0 Å². The summed E-state index contributed by atoms with van der Waals surface area (Å²) in [6, 6.07) is 2.00. The van der Waals surface area contributed by atoms with Gasteiger partial charge in [-0.2, -0.15) is 14.7 Å². The van der Waals surface area contributed by atoms with E-state index in [-0.39, 0.29) is 23.2 Å². The highest BCUT2D eigenvalue weighted by molar-refractivity contribution is 7.89. The van der Waals surface area contributed by atoms with Crippen LogP contribution in [0.1, 0.15) is 12.6 Å². The third-order valence-electron chi connectivity index (χ3n) is 2.72. The van der Waals surface area contributed by atoms with Gasteiger partial charge in [-0.15, -0.1) is 0 Å². The Morgan fingerprint density at radius 2 is 2.17 bits per heavy atom. The predicted molar refractivity (Wildman–Crippen MR) is 67.0 cm³/mol. The average molecular weight is 271 g/mol. The standard InChI is InChI=1S/C10H17N5O2S/c1-7(5-11)6-14(3)18(16,17)9-8(2)15(4)13-10(9)12/h7H,6H2,1-4H3,(H2,12,13). The summed E-state index contributed by atoms with van der Waals surface area (Å²) in [6.45, 7) is 3.41. The molecule has 0 aliphatic carbocycles. The molecular weight excluding hydrogens is 254 g/mol. The van der Waals surface area contributed by atoms with Gasteiger partial charge in [0.2, 0.25) is 10.0 Å². The second kappa shape index (κ2) is 4.96. The van der Waals surface area contributed by atoms with E-state index in [9.17, 15) is 8.42 Å². The minimum atomic E-state index is -3.71. The molecule has 0 aliphatic heterocycles. The van der Waals surface area contributed by atoms with Crippen LogP contribution in [0, 0.1) is 24.2 Å². The molecule has 7 nitrogen and oxygen atoms in total. The fourth-order valence-corrected chi connectivity index (χ4v) is 3.16. The first-order valence-electron chi connectivity index (χ1n) is 5.36. The fourth-order valence-electron chi connectivity index (χ4n) is 1.61. The number of nitrogen functional groups attached to an aromatic ring is 1. The molecule has 0 amide bonds. The van der Waals surface area contributed by atoms with Gasteiger partial charge in [0.05, 0.1) is 17.7 Å². The Bertz CT molecular complexity index is 584. The summed E-state index contributed by atoms with van der Waals surface area (Å²) in [6.07, 6.45) is 0. The zero-order chi connectivity index (χ0) is 14.1. The monoisotopic (exact) mass is 271 g/mol. The molecule has 1 unspecified atom stereocenters. The van der Waals surface area contributed by atoms with Crippen molar-refractivity contribution in [2.24, 2.45) is 13.0 Å². The molecule has 0 spiro atoms. The van der Waals surface area contributed by atoms with Gasteiger partial charge in [0.15, 0.2) is 5.82 Å². The van der Waals surface area contributed by atoms with E-state index in [4.69, 9.17) is 11.0 Å². The van der Waals surface area contributed by atoms with E-state index in [0.29, 0.717) is 5.69 Å². The van der Waals surface area contributed by atoms with Crippen LogP contribution in [0.4, 0.5) is 5.82 Å². The van der Waals surface area contributed by atoms with Crippen LogP contribution in [0.25, 0.3) is 0 Å². The number of hydrogen-bond donors (Lipinski definition) is 1. The molecule has 0 aliphatic rings. The van der Waals surface area contributed by atoms with Gasteiger partial charge in [-0.1, -0.05) is 0 Å². The van der Waals surface area contributed by atoms with Gasteiger partial charge in [-0.05, 0) is 13.8 Å². The number of aryl methyl sites for hydroxylation is 1. The lowest BCUT2D eigenvalue weighted by Crippen LogP contribution is -2.31. The Kier molecular flexibility index (Phi) is 3.98. The molecule has 18 heavy (non-hydrogen) atoms. The molecule has 100 valence electrons. The maximum atomic E-state index is 12.3. The summed E-state index contributed by atoms with van der Waals surface area (Å²) in [5, 5.41) is 12.6. The zero-order valence-corrected chi connectivity index (χ0v) is 11.7. The number of aromatic nitrogens is 2. The molecule has 8 heteroatoms. The van der Waals surface area contributed by atoms with E-state index in [1.165, 1.54) is 11.7 Å². The van der Waals surface area contributed by atoms with E-state index in [1.54, 1.807) is 20.9 Å². The molecule has 0 radical (unpaired) electrons. The van der Waals surface area contributed by atoms with E-state index in [0.717, 1.165) is 4.31 Å². The summed E-state index contributed by atoms with van der Waals surface area (Å²) in [5.74, 6) is -0.408. The van der Waals surface area contributed by atoms with Crippen molar-refractivity contribution in [1.29, 1.82) is 5.26 Å². The van der Waals surface area contributed by atoms with Crippen molar-refractivity contribution < 1.29 is 8.42 Å². The van der Waals surface area contributed by atoms with Crippen LogP contribution in [0.5, 0.6) is 0 Å². The fraction of sp³-hybridized carbons (Fsp3) is 0.600. The van der Waals surface area contributed by atoms with Gasteiger partial charge < -0.3 is 5.73 Å². The Labute approximate surface area is 107 Å². The number of nitrogens with zero attached hydrogens (tertiary/aromatic N) is 4. The van der Waals surface area contributed by atoms with Crippen molar-refractivity contribution in [2.75, 3.05) is 19.3 Å². The van der Waals surface area contributed by atoms with E-state index in [2.05, 4.69) is 5.10 Å². The minimum absolute atomic E-state index is 0.0117. The molecule has 1 aromatic rings. The molecule has 2 N–H and O–H groups in total. The first-order chi connectivity index (χ1) is 8.21. The molecule has 0 bridgehead atoms. The highest BCUT2D eigenvalue weighted by Crippen LogP contribution is 2.24. The first kappa shape index (κ1) is 14.5. The number of nitriles is 1. The third-order valence-corrected chi connectivity index (χ3v) is 4.71. The summed E-state index contributed by atoms with van der Waals surface area (Å²) in [5.41, 5.74) is 6.10. The molecule has 0 saturated carbocycles. The average Bonchev–Trinajstić information content (AvgIpc) is 2.52. The Morgan fingerprint density at radius 3 is 2.56 bits per heavy atom. The van der Waals surface area contributed by atoms with Crippen molar-refractivity contribution in [3.05, 3.63) is 5.69 Å². The predicted octanol–water partition coefficient (Wildman–Crippen LogP) is 0.0909. The third kappa shape index (κ3) is 2.47. The Balaban J connectivity index is 3.19. The lowest BCUT2D eigenvalue weighted by molar-refractivity contribution is 0.439. The van der Waals surface area contributed by atoms with E-state index < -0.39 is 10.0 Å². The quantitative estimate of drug-likeness (QED) is 0.835. The van der Waals surface area contributed by atoms with Crippen molar-refractivity contribution in [3.8, 4) is 6.07 Å². The number of nitrogens with two attached hydrogens (primary N) is 1. The highest BCUT2D eigenvalue weighted by atomic mass is 32.2. The van der Waals surface area contributed by atoms with Crippen LogP contribution in [0.15, 0.2) is 4.90 Å². The van der Waals surface area contributed by atoms with Crippen LogP contribution in [0.3, 0.4) is 0 Å². The van der Waals surface area contributed by atoms with Crippen LogP contribution in [-0.2, 0) is 17.1 Å². The number of rotatable bonds is 4. The number of anilines is 1. The van der Waals surface area contributed by atoms with Crippen molar-refractivity contribution in [1.82, 2.24) is 14.1 Å².